The normalized spacial score (nSPS) is 25.7. The topological polar surface area (TPSA) is 35.5 Å². The van der Waals surface area contributed by atoms with Gasteiger partial charge in [-0.3, -0.25) is 4.79 Å². The summed E-state index contributed by atoms with van der Waals surface area (Å²) in [6.45, 7) is 16.9. The molecule has 0 aromatic heterocycles. The molecule has 2 atom stereocenters. The summed E-state index contributed by atoms with van der Waals surface area (Å²) in [5.41, 5.74) is 1.71. The van der Waals surface area contributed by atoms with Crippen molar-refractivity contribution in [1.29, 1.82) is 0 Å². The number of hydrogen-bond acceptors (Lipinski definition) is 3. The van der Waals surface area contributed by atoms with Crippen molar-refractivity contribution in [1.82, 2.24) is 0 Å². The standard InChI is InChI=1S/C15H22O3/c1-7-12(16)8-9-13-14(11(4)10(2)3)18-15(5,6)17-13/h7,13-14H,1-2,4,8-9H2,3,5-6H3/t13-,14+/m0/s1. The molecule has 0 amide bonds. The van der Waals surface area contributed by atoms with Gasteiger partial charge in [0.05, 0.1) is 6.10 Å². The molecule has 0 aliphatic carbocycles. The monoisotopic (exact) mass is 250 g/mol. The lowest BCUT2D eigenvalue weighted by molar-refractivity contribution is -0.144. The van der Waals surface area contributed by atoms with Gasteiger partial charge in [0.15, 0.2) is 11.6 Å². The number of ketones is 1. The highest BCUT2D eigenvalue weighted by Gasteiger charge is 2.42. The van der Waals surface area contributed by atoms with Gasteiger partial charge in [-0.1, -0.05) is 25.3 Å². The Kier molecular flexibility index (Phi) is 4.65. The van der Waals surface area contributed by atoms with Crippen molar-refractivity contribution in [3.8, 4) is 0 Å². The Morgan fingerprint density at radius 2 is 1.94 bits per heavy atom. The van der Waals surface area contributed by atoms with Gasteiger partial charge in [-0.2, -0.15) is 0 Å². The minimum absolute atomic E-state index is 0.0167. The van der Waals surface area contributed by atoms with Gasteiger partial charge in [0.25, 0.3) is 0 Å². The highest BCUT2D eigenvalue weighted by molar-refractivity contribution is 5.88. The third kappa shape index (κ3) is 3.65. The molecule has 0 aromatic rings. The fraction of sp³-hybridized carbons (Fsp3) is 0.533. The van der Waals surface area contributed by atoms with E-state index in [-0.39, 0.29) is 18.0 Å². The van der Waals surface area contributed by atoms with Crippen molar-refractivity contribution >= 4 is 5.78 Å². The average molecular weight is 250 g/mol. The van der Waals surface area contributed by atoms with Gasteiger partial charge in [0, 0.05) is 6.42 Å². The van der Waals surface area contributed by atoms with Crippen LogP contribution in [-0.4, -0.2) is 23.8 Å². The molecule has 1 heterocycles. The molecule has 0 N–H and O–H groups in total. The minimum atomic E-state index is -0.648. The first-order valence-corrected chi connectivity index (χ1v) is 6.12. The van der Waals surface area contributed by atoms with Crippen LogP contribution in [0.3, 0.4) is 0 Å². The SMILES string of the molecule is C=CC(=O)CC[C@@H]1OC(C)(C)O[C@@H]1C(=C)C(=C)C. The van der Waals surface area contributed by atoms with E-state index in [1.54, 1.807) is 0 Å². The van der Waals surface area contributed by atoms with Gasteiger partial charge < -0.3 is 9.47 Å². The summed E-state index contributed by atoms with van der Waals surface area (Å²) >= 11 is 0. The number of allylic oxidation sites excluding steroid dienone is 1. The molecule has 0 saturated carbocycles. The zero-order valence-corrected chi connectivity index (χ0v) is 11.5. The third-order valence-electron chi connectivity index (χ3n) is 2.98. The van der Waals surface area contributed by atoms with Crippen LogP contribution in [-0.2, 0) is 14.3 Å². The molecule has 1 aliphatic rings. The van der Waals surface area contributed by atoms with Crippen LogP contribution in [0.15, 0.2) is 37.0 Å². The first-order valence-electron chi connectivity index (χ1n) is 6.12. The summed E-state index contributed by atoms with van der Waals surface area (Å²) in [4.78, 5) is 11.3. The lowest BCUT2D eigenvalue weighted by Gasteiger charge is -2.19. The van der Waals surface area contributed by atoms with E-state index < -0.39 is 5.79 Å². The zero-order valence-electron chi connectivity index (χ0n) is 11.5. The highest BCUT2D eigenvalue weighted by atomic mass is 16.7. The Labute approximate surface area is 109 Å². The number of hydrogen-bond donors (Lipinski definition) is 0. The van der Waals surface area contributed by atoms with Crippen molar-refractivity contribution < 1.29 is 14.3 Å². The Bertz CT molecular complexity index is 379. The van der Waals surface area contributed by atoms with Gasteiger partial charge in [0.1, 0.15) is 6.10 Å². The van der Waals surface area contributed by atoms with Crippen LogP contribution < -0.4 is 0 Å². The number of carbonyl (C=O) groups excluding carboxylic acids is 1. The van der Waals surface area contributed by atoms with Crippen molar-refractivity contribution in [3.63, 3.8) is 0 Å². The minimum Gasteiger partial charge on any atom is -0.344 e. The van der Waals surface area contributed by atoms with Crippen molar-refractivity contribution in [2.75, 3.05) is 0 Å². The van der Waals surface area contributed by atoms with E-state index in [2.05, 4.69) is 19.7 Å². The molecule has 100 valence electrons. The summed E-state index contributed by atoms with van der Waals surface area (Å²) in [6.07, 6.45) is 1.96. The third-order valence-corrected chi connectivity index (χ3v) is 2.98. The second-order valence-corrected chi connectivity index (χ2v) is 5.11. The molecular formula is C15H22O3. The summed E-state index contributed by atoms with van der Waals surface area (Å²) < 4.78 is 11.6. The fourth-order valence-electron chi connectivity index (χ4n) is 1.97. The molecule has 3 nitrogen and oxygen atoms in total. The smallest absolute Gasteiger partial charge is 0.164 e. The second kappa shape index (κ2) is 5.63. The molecule has 1 rings (SSSR count). The first kappa shape index (κ1) is 14.9. The van der Waals surface area contributed by atoms with Crippen LogP contribution in [0.25, 0.3) is 0 Å². The lowest BCUT2D eigenvalue weighted by Crippen LogP contribution is -2.25. The summed E-state index contributed by atoms with van der Waals surface area (Å²) in [7, 11) is 0. The largest absolute Gasteiger partial charge is 0.344 e. The zero-order chi connectivity index (χ0) is 13.9. The van der Waals surface area contributed by atoms with E-state index in [1.165, 1.54) is 6.08 Å². The van der Waals surface area contributed by atoms with Crippen molar-refractivity contribution in [2.45, 2.75) is 51.6 Å². The summed E-state index contributed by atoms with van der Waals surface area (Å²) in [5, 5.41) is 0. The van der Waals surface area contributed by atoms with E-state index in [0.717, 1.165) is 11.1 Å². The molecule has 3 heteroatoms. The van der Waals surface area contributed by atoms with Gasteiger partial charge in [0.2, 0.25) is 0 Å². The molecule has 1 aliphatic heterocycles. The number of rotatable bonds is 6. The van der Waals surface area contributed by atoms with E-state index in [1.807, 2.05) is 20.8 Å². The lowest BCUT2D eigenvalue weighted by atomic mass is 9.97. The van der Waals surface area contributed by atoms with Gasteiger partial charge in [-0.25, -0.2) is 0 Å². The maximum Gasteiger partial charge on any atom is 0.164 e. The van der Waals surface area contributed by atoms with Crippen LogP contribution in [0.2, 0.25) is 0 Å². The van der Waals surface area contributed by atoms with E-state index in [0.29, 0.717) is 12.8 Å². The second-order valence-electron chi connectivity index (χ2n) is 5.11. The van der Waals surface area contributed by atoms with Crippen LogP contribution in [0.1, 0.15) is 33.6 Å². The Hall–Kier alpha value is -1.19. The van der Waals surface area contributed by atoms with Gasteiger partial charge in [-0.05, 0) is 38.8 Å². The molecular weight excluding hydrogens is 228 g/mol. The highest BCUT2D eigenvalue weighted by Crippen LogP contribution is 2.35. The van der Waals surface area contributed by atoms with Crippen LogP contribution in [0.5, 0.6) is 0 Å². The van der Waals surface area contributed by atoms with Gasteiger partial charge in [-0.15, -0.1) is 0 Å². The van der Waals surface area contributed by atoms with Crippen LogP contribution in [0, 0.1) is 0 Å². The molecule has 0 spiro atoms. The maximum absolute atomic E-state index is 11.3. The molecule has 0 bridgehead atoms. The summed E-state index contributed by atoms with van der Waals surface area (Å²) in [5.74, 6) is -0.631. The number of carbonyl (C=O) groups is 1. The van der Waals surface area contributed by atoms with E-state index >= 15 is 0 Å². The molecule has 1 saturated heterocycles. The molecule has 0 aromatic carbocycles. The Balaban J connectivity index is 2.73. The van der Waals surface area contributed by atoms with Gasteiger partial charge >= 0.3 is 0 Å². The molecule has 0 unspecified atom stereocenters. The van der Waals surface area contributed by atoms with Crippen LogP contribution in [0.4, 0.5) is 0 Å². The first-order chi connectivity index (χ1) is 8.26. The van der Waals surface area contributed by atoms with Crippen molar-refractivity contribution in [3.05, 3.63) is 37.0 Å². The Morgan fingerprint density at radius 1 is 1.33 bits per heavy atom. The molecule has 0 radical (unpaired) electrons. The van der Waals surface area contributed by atoms with Crippen LogP contribution >= 0.6 is 0 Å². The summed E-state index contributed by atoms with van der Waals surface area (Å²) in [6, 6.07) is 0. The predicted molar refractivity (Wildman–Crippen MR) is 72.2 cm³/mol. The number of ether oxygens (including phenoxy) is 2. The van der Waals surface area contributed by atoms with E-state index in [9.17, 15) is 4.79 Å². The quantitative estimate of drug-likeness (QED) is 0.536. The average Bonchev–Trinajstić information content (AvgIpc) is 2.60. The predicted octanol–water partition coefficient (Wildman–Crippen LogP) is 3.17. The molecule has 1 fully saturated rings. The maximum atomic E-state index is 11.3. The molecule has 18 heavy (non-hydrogen) atoms. The Morgan fingerprint density at radius 3 is 2.44 bits per heavy atom. The van der Waals surface area contributed by atoms with E-state index in [4.69, 9.17) is 9.47 Å². The van der Waals surface area contributed by atoms with Crippen molar-refractivity contribution in [2.24, 2.45) is 0 Å². The fourth-order valence-corrected chi connectivity index (χ4v) is 1.97.